The minimum atomic E-state index is -4.10. The van der Waals surface area contributed by atoms with Crippen molar-refractivity contribution in [3.63, 3.8) is 0 Å². The van der Waals surface area contributed by atoms with Crippen molar-refractivity contribution in [2.45, 2.75) is 11.1 Å². The van der Waals surface area contributed by atoms with Crippen molar-refractivity contribution in [1.82, 2.24) is 4.47 Å². The molecule has 0 spiro atoms. The molecule has 0 unspecified atom stereocenters. The summed E-state index contributed by atoms with van der Waals surface area (Å²) in [5.74, 6) is -1.59. The maximum absolute atomic E-state index is 12.3. The van der Waals surface area contributed by atoms with Crippen LogP contribution < -0.4 is 0 Å². The number of hydrogen-bond donors (Lipinski definition) is 0. The molecule has 0 amide bonds. The highest BCUT2D eigenvalue weighted by Gasteiger charge is 2.35. The molecule has 1 heterocycles. The van der Waals surface area contributed by atoms with Gasteiger partial charge in [0.2, 0.25) is 0 Å². The van der Waals surface area contributed by atoms with Gasteiger partial charge in [0.15, 0.2) is 4.21 Å². The van der Waals surface area contributed by atoms with Gasteiger partial charge in [0.25, 0.3) is 10.0 Å². The number of ether oxygens (including phenoxy) is 2. The summed E-state index contributed by atoms with van der Waals surface area (Å²) in [6, 6.07) is 0. The van der Waals surface area contributed by atoms with Crippen LogP contribution in [-0.2, 0) is 24.3 Å². The van der Waals surface area contributed by atoms with Crippen LogP contribution in [0.5, 0.6) is 0 Å². The molecule has 0 aliphatic heterocycles. The maximum atomic E-state index is 12.3. The third-order valence-corrected chi connectivity index (χ3v) is 6.15. The Labute approximate surface area is 126 Å². The molecule has 1 rings (SSSR count). The fraction of sp³-hybridized carbons (Fsp3) is 0.455. The molecule has 0 saturated carbocycles. The molecule has 0 aromatic carbocycles. The number of nitrogens with zero attached hydrogens (tertiary/aromatic N) is 1. The van der Waals surface area contributed by atoms with Crippen LogP contribution in [0.15, 0.2) is 4.21 Å². The number of methoxy groups -OCH3 is 2. The standard InChI is InChI=1S/C11H15NO7S2/c1-6-7(9(13)17-3)11(20-8(6)10(14)18-4)21(15,16)12(2)19-5/h1-5H3. The lowest BCUT2D eigenvalue weighted by atomic mass is 10.2. The molecule has 21 heavy (non-hydrogen) atoms. The summed E-state index contributed by atoms with van der Waals surface area (Å²) in [6.45, 7) is 1.45. The van der Waals surface area contributed by atoms with E-state index in [-0.39, 0.29) is 20.2 Å². The van der Waals surface area contributed by atoms with Crippen LogP contribution in [-0.4, -0.2) is 53.2 Å². The smallest absolute Gasteiger partial charge is 0.348 e. The van der Waals surface area contributed by atoms with Gasteiger partial charge in [-0.2, -0.15) is 0 Å². The number of sulfonamides is 1. The van der Waals surface area contributed by atoms with Crippen molar-refractivity contribution in [1.29, 1.82) is 0 Å². The Morgan fingerprint density at radius 1 is 1.10 bits per heavy atom. The summed E-state index contributed by atoms with van der Waals surface area (Å²) >= 11 is 0.628. The van der Waals surface area contributed by atoms with E-state index in [2.05, 4.69) is 14.3 Å². The number of carbonyl (C=O) groups excluding carboxylic acids is 2. The van der Waals surface area contributed by atoms with Crippen LogP contribution in [0.2, 0.25) is 0 Å². The number of hydrogen-bond acceptors (Lipinski definition) is 8. The predicted octanol–water partition coefficient (Wildman–Crippen LogP) is 0.812. The topological polar surface area (TPSA) is 99.2 Å². The average Bonchev–Trinajstić information content (AvgIpc) is 2.82. The van der Waals surface area contributed by atoms with Crippen molar-refractivity contribution in [3.05, 3.63) is 16.0 Å². The van der Waals surface area contributed by atoms with E-state index in [1.165, 1.54) is 14.0 Å². The minimum absolute atomic E-state index is 0.0148. The van der Waals surface area contributed by atoms with Crippen LogP contribution in [0.1, 0.15) is 25.6 Å². The quantitative estimate of drug-likeness (QED) is 0.579. The van der Waals surface area contributed by atoms with Gasteiger partial charge in [0.1, 0.15) is 4.88 Å². The molecule has 0 N–H and O–H groups in total. The number of esters is 2. The Kier molecular flexibility index (Phi) is 5.45. The van der Waals surface area contributed by atoms with Crippen LogP contribution in [0.25, 0.3) is 0 Å². The van der Waals surface area contributed by atoms with Gasteiger partial charge >= 0.3 is 11.9 Å². The zero-order chi connectivity index (χ0) is 16.4. The van der Waals surface area contributed by atoms with Gasteiger partial charge < -0.3 is 9.47 Å². The molecule has 1 aromatic rings. The summed E-state index contributed by atoms with van der Waals surface area (Å²) < 4.78 is 34.1. The van der Waals surface area contributed by atoms with E-state index in [0.29, 0.717) is 15.8 Å². The minimum Gasteiger partial charge on any atom is -0.465 e. The summed E-state index contributed by atoms with van der Waals surface area (Å²) in [7, 11) is 0.517. The Morgan fingerprint density at radius 3 is 2.05 bits per heavy atom. The van der Waals surface area contributed by atoms with Crippen LogP contribution in [0.3, 0.4) is 0 Å². The molecular weight excluding hydrogens is 322 g/mol. The lowest BCUT2D eigenvalue weighted by Gasteiger charge is -2.13. The van der Waals surface area contributed by atoms with Crippen LogP contribution in [0, 0.1) is 6.92 Å². The SMILES string of the molecule is COC(=O)c1sc(S(=O)(=O)N(C)OC)c(C(=O)OC)c1C. The van der Waals surface area contributed by atoms with Gasteiger partial charge in [-0.05, 0) is 12.5 Å². The molecule has 0 aliphatic carbocycles. The molecular formula is C11H15NO7S2. The fourth-order valence-electron chi connectivity index (χ4n) is 1.51. The van der Waals surface area contributed by atoms with E-state index in [9.17, 15) is 18.0 Å². The molecule has 0 fully saturated rings. The zero-order valence-corrected chi connectivity index (χ0v) is 13.8. The van der Waals surface area contributed by atoms with Gasteiger partial charge in [-0.15, -0.1) is 11.3 Å². The predicted molar refractivity (Wildman–Crippen MR) is 73.7 cm³/mol. The first-order chi connectivity index (χ1) is 9.72. The molecule has 10 heteroatoms. The van der Waals surface area contributed by atoms with Gasteiger partial charge in [-0.3, -0.25) is 4.84 Å². The third kappa shape index (κ3) is 3.07. The molecule has 118 valence electrons. The highest BCUT2D eigenvalue weighted by atomic mass is 32.2. The molecule has 0 aliphatic rings. The molecule has 0 saturated heterocycles. The second-order valence-electron chi connectivity index (χ2n) is 3.80. The monoisotopic (exact) mass is 337 g/mol. The Hall–Kier alpha value is -1.49. The van der Waals surface area contributed by atoms with Gasteiger partial charge in [-0.25, -0.2) is 18.0 Å². The van der Waals surface area contributed by atoms with E-state index < -0.39 is 22.0 Å². The van der Waals surface area contributed by atoms with E-state index in [4.69, 9.17) is 0 Å². The number of carbonyl (C=O) groups is 2. The fourth-order valence-corrected chi connectivity index (χ4v) is 4.37. The molecule has 1 aromatic heterocycles. The second-order valence-corrected chi connectivity index (χ2v) is 6.95. The van der Waals surface area contributed by atoms with Crippen molar-refractivity contribution in [2.75, 3.05) is 28.4 Å². The summed E-state index contributed by atoms with van der Waals surface area (Å²) in [4.78, 5) is 28.2. The largest absolute Gasteiger partial charge is 0.465 e. The van der Waals surface area contributed by atoms with E-state index in [0.717, 1.165) is 21.3 Å². The maximum Gasteiger partial charge on any atom is 0.348 e. The summed E-state index contributed by atoms with van der Waals surface area (Å²) in [5.41, 5.74) is -0.0198. The number of rotatable bonds is 5. The number of hydroxylamine groups is 1. The van der Waals surface area contributed by atoms with Crippen molar-refractivity contribution in [2.24, 2.45) is 0 Å². The van der Waals surface area contributed by atoms with Crippen molar-refractivity contribution in [3.8, 4) is 0 Å². The lowest BCUT2D eigenvalue weighted by molar-refractivity contribution is -0.0257. The normalized spacial score (nSPS) is 11.5. The highest BCUT2D eigenvalue weighted by molar-refractivity contribution is 7.91. The molecule has 8 nitrogen and oxygen atoms in total. The first-order valence-corrected chi connectivity index (χ1v) is 7.81. The Bertz CT molecular complexity index is 662. The highest BCUT2D eigenvalue weighted by Crippen LogP contribution is 2.34. The average molecular weight is 337 g/mol. The van der Waals surface area contributed by atoms with E-state index >= 15 is 0 Å². The van der Waals surface area contributed by atoms with Crippen molar-refractivity contribution < 1.29 is 32.3 Å². The summed E-state index contributed by atoms with van der Waals surface area (Å²) in [6.07, 6.45) is 0. The van der Waals surface area contributed by atoms with Gasteiger partial charge in [0.05, 0.1) is 26.9 Å². The lowest BCUT2D eigenvalue weighted by Crippen LogP contribution is -2.26. The van der Waals surface area contributed by atoms with Gasteiger partial charge in [0, 0.05) is 7.05 Å². The van der Waals surface area contributed by atoms with Crippen LogP contribution in [0.4, 0.5) is 0 Å². The van der Waals surface area contributed by atoms with E-state index in [1.54, 1.807) is 0 Å². The second kappa shape index (κ2) is 6.52. The first-order valence-electron chi connectivity index (χ1n) is 5.55. The molecule has 0 bridgehead atoms. The zero-order valence-electron chi connectivity index (χ0n) is 12.1. The van der Waals surface area contributed by atoms with Crippen molar-refractivity contribution >= 4 is 33.3 Å². The van der Waals surface area contributed by atoms with Crippen LogP contribution >= 0.6 is 11.3 Å². The first kappa shape index (κ1) is 17.6. The van der Waals surface area contributed by atoms with Gasteiger partial charge in [-0.1, -0.05) is 4.47 Å². The molecule has 0 atom stereocenters. The Balaban J connectivity index is 3.66. The molecule has 0 radical (unpaired) electrons. The van der Waals surface area contributed by atoms with E-state index in [1.807, 2.05) is 0 Å². The number of thiophene rings is 1. The summed E-state index contributed by atoms with van der Waals surface area (Å²) in [5, 5.41) is 0. The Morgan fingerprint density at radius 2 is 1.62 bits per heavy atom. The third-order valence-electron chi connectivity index (χ3n) is 2.70.